The topological polar surface area (TPSA) is 140 Å². The molecule has 11 heteroatoms. The fraction of sp³-hybridized carbons (Fsp3) is 0.500. The smallest absolute Gasteiger partial charge is 0.407 e. The fourth-order valence-electron chi connectivity index (χ4n) is 2.85. The summed E-state index contributed by atoms with van der Waals surface area (Å²) in [6.45, 7) is 2.24. The van der Waals surface area contributed by atoms with E-state index in [4.69, 9.17) is 14.6 Å². The van der Waals surface area contributed by atoms with Crippen molar-refractivity contribution >= 4 is 23.4 Å². The first-order valence-electron chi connectivity index (χ1n) is 8.08. The Kier molecular flexibility index (Phi) is 6.40. The Morgan fingerprint density at radius 1 is 1.41 bits per heavy atom. The second kappa shape index (κ2) is 8.54. The van der Waals surface area contributed by atoms with Crippen molar-refractivity contribution < 1.29 is 33.8 Å². The van der Waals surface area contributed by atoms with Gasteiger partial charge in [0.05, 0.1) is 50.0 Å². The van der Waals surface area contributed by atoms with Crippen LogP contribution in [0, 0.1) is 10.1 Å². The first-order chi connectivity index (χ1) is 12.8. The summed E-state index contributed by atoms with van der Waals surface area (Å²) in [5.41, 5.74) is -0.321. The lowest BCUT2D eigenvalue weighted by molar-refractivity contribution is -0.384. The SMILES string of the molecule is COC(=O)c1cc(OC)c(NC[C@@H]2CN(C(=O)O)C[C@H](C)O2)c([N+](=O)[O-])c1. The van der Waals surface area contributed by atoms with Crippen molar-refractivity contribution in [2.24, 2.45) is 0 Å². The van der Waals surface area contributed by atoms with E-state index in [-0.39, 0.29) is 48.4 Å². The number of nitro groups is 1. The molecular formula is C16H21N3O8. The van der Waals surface area contributed by atoms with Crippen LogP contribution in [0.1, 0.15) is 17.3 Å². The molecule has 1 aliphatic rings. The summed E-state index contributed by atoms with van der Waals surface area (Å²) in [5.74, 6) is -0.645. The van der Waals surface area contributed by atoms with Crippen LogP contribution in [0.5, 0.6) is 5.75 Å². The highest BCUT2D eigenvalue weighted by atomic mass is 16.6. The largest absolute Gasteiger partial charge is 0.494 e. The molecule has 2 atom stereocenters. The lowest BCUT2D eigenvalue weighted by atomic mass is 10.1. The predicted octanol–water partition coefficient (Wildman–Crippen LogP) is 1.57. The van der Waals surface area contributed by atoms with E-state index in [0.29, 0.717) is 0 Å². The number of benzene rings is 1. The zero-order valence-electron chi connectivity index (χ0n) is 15.1. The molecule has 0 spiro atoms. The molecule has 1 saturated heterocycles. The molecular weight excluding hydrogens is 362 g/mol. The van der Waals surface area contributed by atoms with E-state index in [1.165, 1.54) is 25.2 Å². The van der Waals surface area contributed by atoms with Gasteiger partial charge in [0.15, 0.2) is 5.69 Å². The molecule has 2 N–H and O–H groups in total. The van der Waals surface area contributed by atoms with E-state index in [1.807, 2.05) is 0 Å². The van der Waals surface area contributed by atoms with Gasteiger partial charge in [-0.1, -0.05) is 0 Å². The van der Waals surface area contributed by atoms with Crippen LogP contribution < -0.4 is 10.1 Å². The summed E-state index contributed by atoms with van der Waals surface area (Å²) in [5, 5.41) is 23.5. The summed E-state index contributed by atoms with van der Waals surface area (Å²) in [6, 6.07) is 2.42. The maximum atomic E-state index is 11.7. The first-order valence-corrected chi connectivity index (χ1v) is 8.08. The number of ether oxygens (including phenoxy) is 3. The van der Waals surface area contributed by atoms with Gasteiger partial charge in [-0.05, 0) is 13.0 Å². The van der Waals surface area contributed by atoms with Crippen molar-refractivity contribution in [1.82, 2.24) is 4.90 Å². The lowest BCUT2D eigenvalue weighted by Gasteiger charge is -2.35. The minimum atomic E-state index is -1.05. The van der Waals surface area contributed by atoms with Gasteiger partial charge in [0, 0.05) is 12.6 Å². The van der Waals surface area contributed by atoms with E-state index >= 15 is 0 Å². The van der Waals surface area contributed by atoms with Gasteiger partial charge in [0.25, 0.3) is 5.69 Å². The van der Waals surface area contributed by atoms with Gasteiger partial charge >= 0.3 is 12.1 Å². The highest BCUT2D eigenvalue weighted by Crippen LogP contribution is 2.36. The molecule has 0 bridgehead atoms. The number of esters is 1. The molecule has 0 unspecified atom stereocenters. The molecule has 148 valence electrons. The van der Waals surface area contributed by atoms with Gasteiger partial charge < -0.3 is 29.5 Å². The number of nitrogens with one attached hydrogen (secondary N) is 1. The number of nitrogens with zero attached hydrogens (tertiary/aromatic N) is 2. The number of methoxy groups -OCH3 is 2. The number of carboxylic acid groups (broad SMARTS) is 1. The average molecular weight is 383 g/mol. The Morgan fingerprint density at radius 2 is 2.11 bits per heavy atom. The maximum Gasteiger partial charge on any atom is 0.407 e. The first kappa shape index (κ1) is 20.2. The van der Waals surface area contributed by atoms with Crippen LogP contribution in [-0.2, 0) is 9.47 Å². The van der Waals surface area contributed by atoms with Crippen LogP contribution in [0.25, 0.3) is 0 Å². The number of nitro benzene ring substituents is 1. The monoisotopic (exact) mass is 383 g/mol. The van der Waals surface area contributed by atoms with Crippen molar-refractivity contribution in [1.29, 1.82) is 0 Å². The van der Waals surface area contributed by atoms with Crippen molar-refractivity contribution in [3.63, 3.8) is 0 Å². The number of anilines is 1. The highest BCUT2D eigenvalue weighted by Gasteiger charge is 2.30. The van der Waals surface area contributed by atoms with Crippen LogP contribution in [0.2, 0.25) is 0 Å². The number of morpholine rings is 1. The van der Waals surface area contributed by atoms with Crippen LogP contribution >= 0.6 is 0 Å². The lowest BCUT2D eigenvalue weighted by Crippen LogP contribution is -2.50. The van der Waals surface area contributed by atoms with Crippen molar-refractivity contribution in [2.45, 2.75) is 19.1 Å². The van der Waals surface area contributed by atoms with E-state index < -0.39 is 23.1 Å². The van der Waals surface area contributed by atoms with Crippen LogP contribution in [0.3, 0.4) is 0 Å². The number of hydrogen-bond donors (Lipinski definition) is 2. The summed E-state index contributed by atoms with van der Waals surface area (Å²) in [4.78, 5) is 34.9. The van der Waals surface area contributed by atoms with E-state index in [2.05, 4.69) is 10.1 Å². The van der Waals surface area contributed by atoms with Crippen molar-refractivity contribution in [2.75, 3.05) is 39.2 Å². The number of rotatable bonds is 6. The molecule has 2 rings (SSSR count). The Hall–Kier alpha value is -3.08. The van der Waals surface area contributed by atoms with Gasteiger partial charge in [-0.15, -0.1) is 0 Å². The molecule has 11 nitrogen and oxygen atoms in total. The van der Waals surface area contributed by atoms with Gasteiger partial charge in [-0.2, -0.15) is 0 Å². The minimum absolute atomic E-state index is 0.0220. The number of carbonyl (C=O) groups excluding carboxylic acids is 1. The summed E-state index contributed by atoms with van der Waals surface area (Å²) in [6.07, 6.45) is -1.86. The molecule has 27 heavy (non-hydrogen) atoms. The summed E-state index contributed by atoms with van der Waals surface area (Å²) >= 11 is 0. The van der Waals surface area contributed by atoms with Gasteiger partial charge in [0.2, 0.25) is 0 Å². The van der Waals surface area contributed by atoms with Crippen LogP contribution in [0.4, 0.5) is 16.2 Å². The standard InChI is InChI=1S/C16H21N3O8/c1-9-7-18(16(21)22)8-11(27-9)6-17-14-12(19(23)24)4-10(15(20)26-3)5-13(14)25-2/h4-5,9,11,17H,6-8H2,1-3H3,(H,21,22)/t9-,11+/m0/s1. The molecule has 0 radical (unpaired) electrons. The normalized spacial score (nSPS) is 19.3. The summed E-state index contributed by atoms with van der Waals surface area (Å²) < 4.78 is 15.5. The van der Waals surface area contributed by atoms with Gasteiger partial charge in [-0.3, -0.25) is 10.1 Å². The second-order valence-corrected chi connectivity index (χ2v) is 5.96. The molecule has 1 aromatic rings. The van der Waals surface area contributed by atoms with Gasteiger partial charge in [0.1, 0.15) is 5.75 Å². The predicted molar refractivity (Wildman–Crippen MR) is 93.4 cm³/mol. The van der Waals surface area contributed by atoms with E-state index in [0.717, 1.165) is 6.07 Å². The minimum Gasteiger partial charge on any atom is -0.494 e. The Morgan fingerprint density at radius 3 is 2.67 bits per heavy atom. The molecule has 1 fully saturated rings. The van der Waals surface area contributed by atoms with Crippen LogP contribution in [-0.4, -0.2) is 73.1 Å². The summed E-state index contributed by atoms with van der Waals surface area (Å²) in [7, 11) is 2.49. The van der Waals surface area contributed by atoms with Gasteiger partial charge in [-0.25, -0.2) is 9.59 Å². The zero-order chi connectivity index (χ0) is 20.1. The third-order valence-corrected chi connectivity index (χ3v) is 4.02. The fourth-order valence-corrected chi connectivity index (χ4v) is 2.85. The zero-order valence-corrected chi connectivity index (χ0v) is 15.1. The Labute approximate surface area is 154 Å². The molecule has 0 aromatic heterocycles. The number of amides is 1. The Bertz CT molecular complexity index is 739. The van der Waals surface area contributed by atoms with Crippen molar-refractivity contribution in [3.05, 3.63) is 27.8 Å². The third kappa shape index (κ3) is 4.76. The van der Waals surface area contributed by atoms with E-state index in [9.17, 15) is 19.7 Å². The number of carbonyl (C=O) groups is 2. The average Bonchev–Trinajstić information content (AvgIpc) is 2.64. The molecule has 1 aliphatic heterocycles. The molecule has 1 amide bonds. The highest BCUT2D eigenvalue weighted by molar-refractivity contribution is 5.92. The molecule has 0 aliphatic carbocycles. The number of hydrogen-bond acceptors (Lipinski definition) is 8. The second-order valence-electron chi connectivity index (χ2n) is 5.96. The van der Waals surface area contributed by atoms with E-state index in [1.54, 1.807) is 6.92 Å². The maximum absolute atomic E-state index is 11.7. The Balaban J connectivity index is 2.25. The molecule has 1 heterocycles. The van der Waals surface area contributed by atoms with Crippen molar-refractivity contribution in [3.8, 4) is 5.75 Å². The quantitative estimate of drug-likeness (QED) is 0.425. The molecule has 0 saturated carbocycles. The molecule has 1 aromatic carbocycles. The van der Waals surface area contributed by atoms with Crippen LogP contribution in [0.15, 0.2) is 12.1 Å². The third-order valence-electron chi connectivity index (χ3n) is 4.02.